The van der Waals surface area contributed by atoms with Gasteiger partial charge in [-0.2, -0.15) is 0 Å². The molecule has 15 heavy (non-hydrogen) atoms. The van der Waals surface area contributed by atoms with Gasteiger partial charge in [0.15, 0.2) is 0 Å². The molecule has 0 aliphatic carbocycles. The lowest BCUT2D eigenvalue weighted by molar-refractivity contribution is 0.281. The van der Waals surface area contributed by atoms with Gasteiger partial charge in [-0.25, -0.2) is 0 Å². The summed E-state index contributed by atoms with van der Waals surface area (Å²) in [5.41, 5.74) is 1.58. The summed E-state index contributed by atoms with van der Waals surface area (Å²) in [5.74, 6) is 0. The lowest BCUT2D eigenvalue weighted by Gasteiger charge is -2.03. The van der Waals surface area contributed by atoms with Crippen LogP contribution in [0, 0.1) is 0 Å². The average molecular weight is 271 g/mol. The van der Waals surface area contributed by atoms with Crippen molar-refractivity contribution in [3.8, 4) is 0 Å². The third-order valence-corrected chi connectivity index (χ3v) is 3.40. The molecule has 2 aromatic rings. The summed E-state index contributed by atoms with van der Waals surface area (Å²) >= 11 is 3.33. The molecule has 0 aliphatic rings. The first-order chi connectivity index (χ1) is 7.06. The fourth-order valence-corrected chi connectivity index (χ4v) is 2.11. The predicted octanol–water partition coefficient (Wildman–Crippen LogP) is 1.13. The first-order valence-electron chi connectivity index (χ1n) is 4.51. The van der Waals surface area contributed by atoms with Gasteiger partial charge in [0.05, 0.1) is 17.5 Å². The molecule has 0 amide bonds. The van der Waals surface area contributed by atoms with Gasteiger partial charge < -0.3 is 5.11 Å². The van der Waals surface area contributed by atoms with Crippen molar-refractivity contribution in [3.63, 3.8) is 0 Å². The molecule has 0 atom stereocenters. The normalized spacial score (nSPS) is 11.2. The SMILES string of the molecule is Cn1c(=O)c2cc(Br)c(CO)cc2n1C. The number of fused-ring (bicyclic) bond motifs is 1. The van der Waals surface area contributed by atoms with E-state index in [0.717, 1.165) is 15.6 Å². The molecule has 5 heteroatoms. The molecule has 0 saturated heterocycles. The van der Waals surface area contributed by atoms with Crippen molar-refractivity contribution in [1.29, 1.82) is 0 Å². The molecule has 1 heterocycles. The molecule has 0 fully saturated rings. The molecule has 0 unspecified atom stereocenters. The Morgan fingerprint density at radius 3 is 2.60 bits per heavy atom. The molecule has 0 spiro atoms. The highest BCUT2D eigenvalue weighted by atomic mass is 79.9. The summed E-state index contributed by atoms with van der Waals surface area (Å²) in [7, 11) is 3.54. The minimum atomic E-state index is -0.0421. The Morgan fingerprint density at radius 2 is 2.00 bits per heavy atom. The van der Waals surface area contributed by atoms with Crippen molar-refractivity contribution >= 4 is 26.8 Å². The van der Waals surface area contributed by atoms with E-state index in [1.54, 1.807) is 17.8 Å². The van der Waals surface area contributed by atoms with Gasteiger partial charge >= 0.3 is 0 Å². The van der Waals surface area contributed by atoms with Gasteiger partial charge in [0.2, 0.25) is 0 Å². The minimum absolute atomic E-state index is 0.0299. The summed E-state index contributed by atoms with van der Waals surface area (Å²) in [6.07, 6.45) is 0. The molecule has 0 bridgehead atoms. The molecule has 0 aliphatic heterocycles. The van der Waals surface area contributed by atoms with E-state index in [1.165, 1.54) is 4.68 Å². The molecule has 0 saturated carbocycles. The Kier molecular flexibility index (Phi) is 2.44. The van der Waals surface area contributed by atoms with Gasteiger partial charge in [-0.15, -0.1) is 0 Å². The van der Waals surface area contributed by atoms with E-state index in [9.17, 15) is 4.79 Å². The molecule has 1 N–H and O–H groups in total. The first kappa shape index (κ1) is 10.4. The second kappa shape index (κ2) is 3.50. The number of hydrogen-bond acceptors (Lipinski definition) is 2. The predicted molar refractivity (Wildman–Crippen MR) is 61.8 cm³/mol. The number of nitrogens with zero attached hydrogens (tertiary/aromatic N) is 2. The maximum Gasteiger partial charge on any atom is 0.274 e. The van der Waals surface area contributed by atoms with Crippen LogP contribution in [0.2, 0.25) is 0 Å². The van der Waals surface area contributed by atoms with Crippen LogP contribution in [-0.2, 0) is 20.7 Å². The molecular formula is C10H11BrN2O2. The monoisotopic (exact) mass is 270 g/mol. The number of rotatable bonds is 1. The second-order valence-electron chi connectivity index (χ2n) is 3.47. The van der Waals surface area contributed by atoms with Gasteiger partial charge in [0.1, 0.15) is 0 Å². The molecule has 1 aromatic heterocycles. The highest BCUT2D eigenvalue weighted by Crippen LogP contribution is 2.22. The summed E-state index contributed by atoms with van der Waals surface area (Å²) in [4.78, 5) is 11.8. The van der Waals surface area contributed by atoms with Crippen molar-refractivity contribution in [2.24, 2.45) is 14.1 Å². The van der Waals surface area contributed by atoms with Gasteiger partial charge in [-0.1, -0.05) is 15.9 Å². The summed E-state index contributed by atoms with van der Waals surface area (Å²) in [6, 6.07) is 3.57. The topological polar surface area (TPSA) is 47.2 Å². The zero-order chi connectivity index (χ0) is 11.2. The molecular weight excluding hydrogens is 260 g/mol. The van der Waals surface area contributed by atoms with Gasteiger partial charge in [0, 0.05) is 18.6 Å². The second-order valence-corrected chi connectivity index (χ2v) is 4.33. The quantitative estimate of drug-likeness (QED) is 0.845. The van der Waals surface area contributed by atoms with E-state index in [-0.39, 0.29) is 12.2 Å². The zero-order valence-electron chi connectivity index (χ0n) is 8.49. The number of aliphatic hydroxyl groups excluding tert-OH is 1. The first-order valence-corrected chi connectivity index (χ1v) is 5.30. The van der Waals surface area contributed by atoms with Crippen LogP contribution in [0.15, 0.2) is 21.4 Å². The van der Waals surface area contributed by atoms with E-state index in [1.807, 2.05) is 13.1 Å². The molecule has 80 valence electrons. The Hall–Kier alpha value is -1.07. The molecule has 0 radical (unpaired) electrons. The van der Waals surface area contributed by atoms with Crippen LogP contribution in [0.3, 0.4) is 0 Å². The minimum Gasteiger partial charge on any atom is -0.392 e. The summed E-state index contributed by atoms with van der Waals surface area (Å²) in [6.45, 7) is -0.0421. The van der Waals surface area contributed by atoms with Crippen molar-refractivity contribution in [2.45, 2.75) is 6.61 Å². The van der Waals surface area contributed by atoms with Crippen LogP contribution < -0.4 is 5.56 Å². The van der Waals surface area contributed by atoms with Crippen LogP contribution in [0.5, 0.6) is 0 Å². The van der Waals surface area contributed by atoms with Gasteiger partial charge in [0.25, 0.3) is 5.56 Å². The maximum atomic E-state index is 11.8. The van der Waals surface area contributed by atoms with Crippen molar-refractivity contribution in [1.82, 2.24) is 9.36 Å². The van der Waals surface area contributed by atoms with E-state index in [4.69, 9.17) is 5.11 Å². The number of halogens is 1. The smallest absolute Gasteiger partial charge is 0.274 e. The highest BCUT2D eigenvalue weighted by Gasteiger charge is 2.10. The van der Waals surface area contributed by atoms with Crippen LogP contribution in [-0.4, -0.2) is 14.5 Å². The Morgan fingerprint density at radius 1 is 1.33 bits per heavy atom. The zero-order valence-corrected chi connectivity index (χ0v) is 10.1. The number of hydrogen-bond donors (Lipinski definition) is 1. The third kappa shape index (κ3) is 1.42. The standard InChI is InChI=1S/C10H11BrN2O2/c1-12-9-3-6(5-14)8(11)4-7(9)10(15)13(12)2/h3-4,14H,5H2,1-2H3. The molecule has 1 aromatic carbocycles. The lowest BCUT2D eigenvalue weighted by Crippen LogP contribution is -2.16. The van der Waals surface area contributed by atoms with E-state index in [0.29, 0.717) is 5.39 Å². The van der Waals surface area contributed by atoms with Crippen LogP contribution in [0.4, 0.5) is 0 Å². The maximum absolute atomic E-state index is 11.8. The fraction of sp³-hybridized carbons (Fsp3) is 0.300. The van der Waals surface area contributed by atoms with Crippen molar-refractivity contribution in [3.05, 3.63) is 32.5 Å². The molecule has 4 nitrogen and oxygen atoms in total. The summed E-state index contributed by atoms with van der Waals surface area (Å²) < 4.78 is 4.07. The Bertz CT molecular complexity index is 583. The van der Waals surface area contributed by atoms with Crippen molar-refractivity contribution < 1.29 is 5.11 Å². The van der Waals surface area contributed by atoms with E-state index in [2.05, 4.69) is 15.9 Å². The average Bonchev–Trinajstić information content (AvgIpc) is 2.43. The van der Waals surface area contributed by atoms with Gasteiger partial charge in [-0.05, 0) is 17.7 Å². The van der Waals surface area contributed by atoms with Crippen LogP contribution in [0.25, 0.3) is 10.9 Å². The van der Waals surface area contributed by atoms with Gasteiger partial charge in [-0.3, -0.25) is 14.2 Å². The summed E-state index contributed by atoms with van der Waals surface area (Å²) in [5, 5.41) is 9.78. The van der Waals surface area contributed by atoms with Crippen LogP contribution >= 0.6 is 15.9 Å². The van der Waals surface area contributed by atoms with E-state index >= 15 is 0 Å². The Balaban J connectivity index is 2.94. The van der Waals surface area contributed by atoms with Crippen LogP contribution in [0.1, 0.15) is 5.56 Å². The lowest BCUT2D eigenvalue weighted by atomic mass is 10.2. The highest BCUT2D eigenvalue weighted by molar-refractivity contribution is 9.10. The molecule has 2 rings (SSSR count). The number of benzene rings is 1. The Labute approximate surface area is 94.8 Å². The number of aliphatic hydroxyl groups is 1. The fourth-order valence-electron chi connectivity index (χ4n) is 1.64. The number of aryl methyl sites for hydroxylation is 1. The number of aromatic nitrogens is 2. The largest absolute Gasteiger partial charge is 0.392 e. The van der Waals surface area contributed by atoms with E-state index < -0.39 is 0 Å². The third-order valence-electron chi connectivity index (χ3n) is 2.66. The van der Waals surface area contributed by atoms with Crippen molar-refractivity contribution in [2.75, 3.05) is 0 Å².